The second-order valence-electron chi connectivity index (χ2n) is 8.72. The lowest BCUT2D eigenvalue weighted by atomic mass is 9.88. The van der Waals surface area contributed by atoms with Gasteiger partial charge in [0.25, 0.3) is 5.91 Å². The topological polar surface area (TPSA) is 78.5 Å². The Labute approximate surface area is 174 Å². The summed E-state index contributed by atoms with van der Waals surface area (Å²) in [6, 6.07) is 7.05. The third-order valence-corrected chi connectivity index (χ3v) is 5.46. The number of carbonyl (C=O) groups excluding carboxylic acids is 3. The van der Waals surface area contributed by atoms with E-state index in [1.54, 1.807) is 0 Å². The van der Waals surface area contributed by atoms with E-state index in [1.807, 2.05) is 63.8 Å². The van der Waals surface area contributed by atoms with Crippen molar-refractivity contribution in [3.63, 3.8) is 0 Å². The normalized spacial score (nSPS) is 16.0. The average Bonchev–Trinajstić information content (AvgIpc) is 2.70. The van der Waals surface area contributed by atoms with E-state index in [0.717, 1.165) is 11.1 Å². The number of benzene rings is 1. The predicted octanol–water partition coefficient (Wildman–Crippen LogP) is 2.76. The minimum atomic E-state index is -0.556. The monoisotopic (exact) mass is 401 g/mol. The highest BCUT2D eigenvalue weighted by atomic mass is 16.2. The van der Waals surface area contributed by atoms with Gasteiger partial charge >= 0.3 is 0 Å². The van der Waals surface area contributed by atoms with Gasteiger partial charge in [0.1, 0.15) is 6.04 Å². The summed E-state index contributed by atoms with van der Waals surface area (Å²) in [5.74, 6) is -0.0315. The summed E-state index contributed by atoms with van der Waals surface area (Å²) in [4.78, 5) is 39.8. The number of nitrogens with zero attached hydrogens (tertiary/aromatic N) is 1. The Hall–Kier alpha value is -2.37. The molecule has 1 heterocycles. The highest BCUT2D eigenvalue weighted by Gasteiger charge is 2.34. The number of aryl methyl sites for hydroxylation is 1. The lowest BCUT2D eigenvalue weighted by molar-refractivity contribution is -0.132. The number of rotatable bonds is 7. The molecule has 1 aliphatic rings. The number of nitrogens with one attached hydrogen (secondary N) is 2. The van der Waals surface area contributed by atoms with Crippen molar-refractivity contribution in [2.45, 2.75) is 53.5 Å². The first-order chi connectivity index (χ1) is 13.7. The van der Waals surface area contributed by atoms with Crippen LogP contribution in [0.5, 0.6) is 0 Å². The molecular formula is C23H35N3O3. The van der Waals surface area contributed by atoms with Gasteiger partial charge in [-0.1, -0.05) is 45.9 Å². The molecule has 1 aliphatic heterocycles. The van der Waals surface area contributed by atoms with E-state index in [9.17, 15) is 14.4 Å². The van der Waals surface area contributed by atoms with E-state index in [0.29, 0.717) is 38.4 Å². The van der Waals surface area contributed by atoms with Crippen LogP contribution in [0.1, 0.15) is 56.5 Å². The van der Waals surface area contributed by atoms with Gasteiger partial charge in [0.05, 0.1) is 0 Å². The van der Waals surface area contributed by atoms with Gasteiger partial charge in [0, 0.05) is 31.1 Å². The lowest BCUT2D eigenvalue weighted by Gasteiger charge is -2.36. The van der Waals surface area contributed by atoms with Crippen LogP contribution in [0.15, 0.2) is 24.3 Å². The van der Waals surface area contributed by atoms with E-state index in [4.69, 9.17) is 0 Å². The Morgan fingerprint density at radius 1 is 1.03 bits per heavy atom. The van der Waals surface area contributed by atoms with Gasteiger partial charge in [0.15, 0.2) is 0 Å². The highest BCUT2D eigenvalue weighted by Crippen LogP contribution is 2.23. The van der Waals surface area contributed by atoms with Crippen LogP contribution >= 0.6 is 0 Å². The molecule has 0 saturated carbocycles. The third kappa shape index (κ3) is 6.31. The first-order valence-corrected chi connectivity index (χ1v) is 10.6. The molecule has 2 rings (SSSR count). The second-order valence-corrected chi connectivity index (χ2v) is 8.72. The highest BCUT2D eigenvalue weighted by molar-refractivity contribution is 5.95. The van der Waals surface area contributed by atoms with Gasteiger partial charge in [-0.2, -0.15) is 0 Å². The summed E-state index contributed by atoms with van der Waals surface area (Å²) in [6.45, 7) is 11.4. The summed E-state index contributed by atoms with van der Waals surface area (Å²) in [5, 5.41) is 5.90. The molecule has 1 atom stereocenters. The van der Waals surface area contributed by atoms with Crippen molar-refractivity contribution in [1.82, 2.24) is 15.5 Å². The van der Waals surface area contributed by atoms with Crippen LogP contribution in [0.3, 0.4) is 0 Å². The Morgan fingerprint density at radius 2 is 1.66 bits per heavy atom. The summed E-state index contributed by atoms with van der Waals surface area (Å²) in [6.07, 6.45) is 1.38. The smallest absolute Gasteiger partial charge is 0.254 e. The van der Waals surface area contributed by atoms with Crippen LogP contribution in [0, 0.1) is 24.7 Å². The number of carbonyl (C=O) groups is 3. The molecule has 0 bridgehead atoms. The molecule has 1 unspecified atom stereocenters. The van der Waals surface area contributed by atoms with Crippen LogP contribution < -0.4 is 10.6 Å². The second kappa shape index (κ2) is 10.4. The van der Waals surface area contributed by atoms with Crippen molar-refractivity contribution in [3.8, 4) is 0 Å². The van der Waals surface area contributed by atoms with Gasteiger partial charge < -0.3 is 15.5 Å². The van der Waals surface area contributed by atoms with Crippen molar-refractivity contribution < 1.29 is 14.4 Å². The van der Waals surface area contributed by atoms with Crippen LogP contribution in [0.4, 0.5) is 0 Å². The van der Waals surface area contributed by atoms with E-state index in [2.05, 4.69) is 10.6 Å². The molecular weight excluding hydrogens is 366 g/mol. The predicted molar refractivity (Wildman–Crippen MR) is 114 cm³/mol. The average molecular weight is 402 g/mol. The van der Waals surface area contributed by atoms with E-state index >= 15 is 0 Å². The quantitative estimate of drug-likeness (QED) is 0.737. The summed E-state index contributed by atoms with van der Waals surface area (Å²) >= 11 is 0. The lowest BCUT2D eigenvalue weighted by Crippen LogP contribution is -2.54. The Balaban J connectivity index is 2.04. The molecule has 6 heteroatoms. The molecule has 6 nitrogen and oxygen atoms in total. The van der Waals surface area contributed by atoms with Gasteiger partial charge in [-0.3, -0.25) is 14.4 Å². The molecule has 1 aromatic rings. The molecule has 0 aliphatic carbocycles. The molecule has 160 valence electrons. The van der Waals surface area contributed by atoms with E-state index < -0.39 is 6.04 Å². The number of amides is 3. The maximum atomic E-state index is 12.9. The zero-order chi connectivity index (χ0) is 21.6. The van der Waals surface area contributed by atoms with E-state index in [1.165, 1.54) is 0 Å². The number of hydrogen-bond acceptors (Lipinski definition) is 3. The van der Waals surface area contributed by atoms with Gasteiger partial charge in [-0.15, -0.1) is 0 Å². The first-order valence-electron chi connectivity index (χ1n) is 10.6. The molecule has 0 aromatic heterocycles. The van der Waals surface area contributed by atoms with Gasteiger partial charge in [0.2, 0.25) is 11.8 Å². The molecule has 1 saturated heterocycles. The number of piperidine rings is 1. The fraction of sp³-hybridized carbons (Fsp3) is 0.609. The molecule has 1 aromatic carbocycles. The third-order valence-electron chi connectivity index (χ3n) is 5.46. The maximum Gasteiger partial charge on any atom is 0.254 e. The van der Waals surface area contributed by atoms with Gasteiger partial charge in [-0.05, 0) is 43.2 Å². The van der Waals surface area contributed by atoms with Crippen molar-refractivity contribution in [1.29, 1.82) is 0 Å². The van der Waals surface area contributed by atoms with Crippen molar-refractivity contribution >= 4 is 17.7 Å². The summed E-state index contributed by atoms with van der Waals surface area (Å²) in [5.41, 5.74) is 1.69. The van der Waals surface area contributed by atoms with E-state index in [-0.39, 0.29) is 29.6 Å². The minimum absolute atomic E-state index is 0.0192. The molecule has 3 amide bonds. The van der Waals surface area contributed by atoms with Crippen LogP contribution in [-0.2, 0) is 9.59 Å². The maximum absolute atomic E-state index is 12.9. The zero-order valence-corrected chi connectivity index (χ0v) is 18.3. The molecule has 0 radical (unpaired) electrons. The SMILES string of the molecule is Cc1ccccc1C(=O)N1CCC(C(NC(=O)C(C)C)C(=O)NCC(C)C)CC1. The first kappa shape index (κ1) is 22.9. The molecule has 29 heavy (non-hydrogen) atoms. The van der Waals surface area contributed by atoms with Crippen LogP contribution in [-0.4, -0.2) is 48.3 Å². The molecule has 1 fully saturated rings. The largest absolute Gasteiger partial charge is 0.354 e. The van der Waals surface area contributed by atoms with Crippen molar-refractivity contribution in [2.75, 3.05) is 19.6 Å². The molecule has 0 spiro atoms. The summed E-state index contributed by atoms with van der Waals surface area (Å²) < 4.78 is 0. The summed E-state index contributed by atoms with van der Waals surface area (Å²) in [7, 11) is 0. The van der Waals surface area contributed by atoms with Crippen molar-refractivity contribution in [3.05, 3.63) is 35.4 Å². The minimum Gasteiger partial charge on any atom is -0.354 e. The zero-order valence-electron chi connectivity index (χ0n) is 18.3. The number of likely N-dealkylation sites (tertiary alicyclic amines) is 1. The van der Waals surface area contributed by atoms with Gasteiger partial charge in [-0.25, -0.2) is 0 Å². The standard InChI is InChI=1S/C23H35N3O3/c1-15(2)14-24-22(28)20(25-21(27)16(3)4)18-10-12-26(13-11-18)23(29)19-9-7-6-8-17(19)5/h6-9,15-16,18,20H,10-14H2,1-5H3,(H,24,28)(H,25,27). The van der Waals surface area contributed by atoms with Crippen LogP contribution in [0.2, 0.25) is 0 Å². The Bertz CT molecular complexity index is 722. The van der Waals surface area contributed by atoms with Crippen molar-refractivity contribution in [2.24, 2.45) is 17.8 Å². The Kier molecular flexibility index (Phi) is 8.23. The fourth-order valence-electron chi connectivity index (χ4n) is 3.55. The van der Waals surface area contributed by atoms with Crippen LogP contribution in [0.25, 0.3) is 0 Å². The Morgan fingerprint density at radius 3 is 2.21 bits per heavy atom. The fourth-order valence-corrected chi connectivity index (χ4v) is 3.55. The number of hydrogen-bond donors (Lipinski definition) is 2. The molecule has 2 N–H and O–H groups in total.